The lowest BCUT2D eigenvalue weighted by molar-refractivity contribution is 0.0640. The summed E-state index contributed by atoms with van der Waals surface area (Å²) >= 11 is 98.6. The van der Waals surface area contributed by atoms with Gasteiger partial charge in [0.1, 0.15) is 5.56 Å². The van der Waals surface area contributed by atoms with Crippen molar-refractivity contribution in [2.75, 3.05) is 25.7 Å². The van der Waals surface area contributed by atoms with Gasteiger partial charge in [0.15, 0.2) is 0 Å². The average Bonchev–Trinajstić information content (AvgIpc) is 3.24. The van der Waals surface area contributed by atoms with E-state index in [-0.39, 0.29) is 16.7 Å². The highest BCUT2D eigenvalue weighted by molar-refractivity contribution is 6.45. The van der Waals surface area contributed by atoms with Gasteiger partial charge in [-0.05, 0) is 61.2 Å². The molecule has 2 nitrogen and oxygen atoms in total. The average molecular weight is 1200 g/mol. The first-order valence-corrected chi connectivity index (χ1v) is 29.7. The minimum atomic E-state index is -1.02. The van der Waals surface area contributed by atoms with E-state index >= 15 is 0 Å². The van der Waals surface area contributed by atoms with Crippen molar-refractivity contribution in [1.82, 2.24) is 0 Å². The van der Waals surface area contributed by atoms with Crippen molar-refractivity contribution in [3.05, 3.63) is 0 Å². The molecule has 0 spiro atoms. The van der Waals surface area contributed by atoms with Crippen molar-refractivity contribution in [2.24, 2.45) is 22.7 Å². The second-order valence-electron chi connectivity index (χ2n) is 19.5. The Morgan fingerprint density at radius 2 is 0.714 bits per heavy atom. The first kappa shape index (κ1) is 67.3. The summed E-state index contributed by atoms with van der Waals surface area (Å²) in [7, 11) is 0. The Morgan fingerprint density at radius 1 is 0.381 bits per heavy atom. The first-order chi connectivity index (χ1) is 29.3. The van der Waals surface area contributed by atoms with E-state index in [4.69, 9.17) is 183 Å². The predicted octanol–water partition coefficient (Wildman–Crippen LogP) is 19.7. The van der Waals surface area contributed by atoms with Crippen LogP contribution in [0.5, 0.6) is 0 Å². The SMILES string of the molecule is CC(C)C(Cl)C(Cl)C(Cl)C(Cl)C(Cl)C(Cl)C(Cl)C(Cl)C(Cl)C(Cl)C(Cl)C(Cl)C(Cl)C(Cl)OCCCC(C)(C)CC(CCOCCCCCCCCCCCCCCCCl)C(C)(C)C. The van der Waals surface area contributed by atoms with Crippen molar-refractivity contribution >= 4 is 174 Å². The molecule has 0 aromatic heterocycles. The Kier molecular flexibility index (Phi) is 39.6. The molecule has 63 heavy (non-hydrogen) atoms. The van der Waals surface area contributed by atoms with Gasteiger partial charge in [-0.25, -0.2) is 0 Å². The van der Waals surface area contributed by atoms with Crippen LogP contribution in [0.2, 0.25) is 0 Å². The molecule has 0 aliphatic rings. The van der Waals surface area contributed by atoms with Gasteiger partial charge in [0.25, 0.3) is 0 Å². The number of rotatable bonds is 39. The molecule has 0 rings (SSSR count). The van der Waals surface area contributed by atoms with Crippen LogP contribution in [0.1, 0.15) is 158 Å². The number of hydrogen-bond acceptors (Lipinski definition) is 2. The smallest absolute Gasteiger partial charge is 0.148 e. The van der Waals surface area contributed by atoms with E-state index in [0.717, 1.165) is 57.6 Å². The molecule has 15 unspecified atom stereocenters. The van der Waals surface area contributed by atoms with Crippen LogP contribution in [-0.2, 0) is 9.47 Å². The fourth-order valence-corrected chi connectivity index (χ4v) is 12.7. The summed E-state index contributed by atoms with van der Waals surface area (Å²) in [5.74, 6) is 1.36. The fourth-order valence-electron chi connectivity index (χ4n) is 7.46. The van der Waals surface area contributed by atoms with E-state index in [1.807, 2.05) is 13.8 Å². The van der Waals surface area contributed by atoms with Gasteiger partial charge in [-0.2, -0.15) is 0 Å². The predicted molar refractivity (Wildman–Crippen MR) is 293 cm³/mol. The Hall–Kier alpha value is 4.27. The zero-order valence-electron chi connectivity index (χ0n) is 38.6. The number of halogens is 15. The Balaban J connectivity index is 4.73. The van der Waals surface area contributed by atoms with Crippen molar-refractivity contribution in [3.8, 4) is 0 Å². The lowest BCUT2D eigenvalue weighted by Gasteiger charge is -2.37. The molecule has 0 aliphatic carbocycles. The molecule has 0 radical (unpaired) electrons. The van der Waals surface area contributed by atoms with Gasteiger partial charge in [-0.1, -0.05) is 131 Å². The van der Waals surface area contributed by atoms with Gasteiger partial charge >= 0.3 is 0 Å². The van der Waals surface area contributed by atoms with E-state index in [2.05, 4.69) is 34.6 Å². The first-order valence-electron chi connectivity index (χ1n) is 23.1. The second-order valence-corrected chi connectivity index (χ2v) is 26.8. The molecule has 0 N–H and O–H groups in total. The molecule has 0 saturated carbocycles. The minimum Gasteiger partial charge on any atom is -0.381 e. The van der Waals surface area contributed by atoms with Gasteiger partial charge in [0.2, 0.25) is 0 Å². The van der Waals surface area contributed by atoms with E-state index in [1.165, 1.54) is 70.6 Å². The number of hydrogen-bond donors (Lipinski definition) is 0. The molecule has 0 bridgehead atoms. The molecule has 0 aromatic carbocycles. The molecular formula is C46H79Cl15O2. The van der Waals surface area contributed by atoms with Crippen LogP contribution in [0.15, 0.2) is 0 Å². The van der Waals surface area contributed by atoms with Gasteiger partial charge in [-0.3, -0.25) is 0 Å². The summed E-state index contributed by atoms with van der Waals surface area (Å²) in [5, 5.41) is -11.7. The lowest BCUT2D eigenvalue weighted by Crippen LogP contribution is -2.49. The number of unbranched alkanes of at least 4 members (excludes halogenated alkanes) is 12. The van der Waals surface area contributed by atoms with Gasteiger partial charge in [0.05, 0.1) is 69.9 Å². The van der Waals surface area contributed by atoms with Crippen LogP contribution < -0.4 is 0 Å². The monoisotopic (exact) mass is 1190 g/mol. The lowest BCUT2D eigenvalue weighted by atomic mass is 9.69. The quantitative estimate of drug-likeness (QED) is 0.0451. The van der Waals surface area contributed by atoms with Crippen LogP contribution in [0.4, 0.5) is 0 Å². The van der Waals surface area contributed by atoms with Crippen LogP contribution in [0.25, 0.3) is 0 Å². The Morgan fingerprint density at radius 3 is 1.06 bits per heavy atom. The molecular weight excluding hydrogens is 1120 g/mol. The third-order valence-corrected chi connectivity index (χ3v) is 21.5. The second kappa shape index (κ2) is 37.1. The molecule has 0 amide bonds. The summed E-state index contributed by atoms with van der Waals surface area (Å²) < 4.78 is 12.1. The zero-order valence-corrected chi connectivity index (χ0v) is 49.9. The largest absolute Gasteiger partial charge is 0.381 e. The van der Waals surface area contributed by atoms with Crippen molar-refractivity contribution < 1.29 is 9.47 Å². The molecule has 15 atom stereocenters. The standard InChI is InChI=1S/C46H79Cl15O2/c1-29(2)31(48)32(49)33(50)34(51)35(52)36(53)37(54)38(55)39(56)40(57)41(58)42(59)43(60)44(61)63-26-21-23-46(6,7)28-30(45(3,4)5)22-27-62-25-20-18-16-14-12-10-8-9-11-13-15-17-19-24-47/h29-44H,8-28H2,1-7H3. The maximum absolute atomic E-state index is 6.72. The minimum absolute atomic E-state index is 0.0466. The maximum Gasteiger partial charge on any atom is 0.148 e. The third-order valence-electron chi connectivity index (χ3n) is 11.9. The van der Waals surface area contributed by atoms with Crippen molar-refractivity contribution in [3.63, 3.8) is 0 Å². The van der Waals surface area contributed by atoms with E-state index in [1.54, 1.807) is 0 Å². The van der Waals surface area contributed by atoms with Crippen LogP contribution in [0, 0.1) is 22.7 Å². The topological polar surface area (TPSA) is 18.5 Å². The molecule has 17 heteroatoms. The van der Waals surface area contributed by atoms with Crippen molar-refractivity contribution in [2.45, 2.75) is 233 Å². The zero-order chi connectivity index (χ0) is 48.5. The maximum atomic E-state index is 6.72. The highest BCUT2D eigenvalue weighted by Gasteiger charge is 2.45. The van der Waals surface area contributed by atoms with E-state index < -0.39 is 75.5 Å². The highest BCUT2D eigenvalue weighted by atomic mass is 35.5. The third kappa shape index (κ3) is 28.3. The fraction of sp³-hybridized carbons (Fsp3) is 1.00. The number of ether oxygens (including phenoxy) is 2. The van der Waals surface area contributed by atoms with E-state index in [9.17, 15) is 0 Å². The van der Waals surface area contributed by atoms with Gasteiger partial charge in [0, 0.05) is 25.7 Å². The number of alkyl halides is 15. The van der Waals surface area contributed by atoms with E-state index in [0.29, 0.717) is 12.5 Å². The van der Waals surface area contributed by atoms with Gasteiger partial charge < -0.3 is 9.47 Å². The molecule has 0 aromatic rings. The molecule has 0 fully saturated rings. The van der Waals surface area contributed by atoms with Crippen molar-refractivity contribution in [1.29, 1.82) is 0 Å². The summed E-state index contributed by atoms with van der Waals surface area (Å²) in [6.45, 7) is 17.5. The summed E-state index contributed by atoms with van der Waals surface area (Å²) in [6, 6.07) is 0. The molecule has 0 heterocycles. The highest BCUT2D eigenvalue weighted by Crippen LogP contribution is 2.42. The molecule has 0 saturated heterocycles. The van der Waals surface area contributed by atoms with Crippen LogP contribution in [0.3, 0.4) is 0 Å². The van der Waals surface area contributed by atoms with Crippen LogP contribution in [-0.4, -0.2) is 101 Å². The Labute approximate surface area is 460 Å². The normalized spacial score (nSPS) is 20.2. The summed E-state index contributed by atoms with van der Waals surface area (Å²) in [6.07, 6.45) is 20.9. The summed E-state index contributed by atoms with van der Waals surface area (Å²) in [5.41, 5.74) is -0.699. The molecule has 0 aliphatic heterocycles. The summed E-state index contributed by atoms with van der Waals surface area (Å²) in [4.78, 5) is 0. The van der Waals surface area contributed by atoms with Crippen LogP contribution >= 0.6 is 174 Å². The molecule has 380 valence electrons. The Bertz CT molecular complexity index is 1100. The van der Waals surface area contributed by atoms with Gasteiger partial charge in [-0.15, -0.1) is 162 Å².